The molecule has 5 nitrogen and oxygen atoms in total. The molecule has 0 saturated heterocycles. The topological polar surface area (TPSA) is 62.3 Å². The van der Waals surface area contributed by atoms with Crippen LogP contribution in [-0.4, -0.2) is 16.2 Å². The molecule has 0 spiro atoms. The van der Waals surface area contributed by atoms with E-state index in [1.165, 1.54) is 12.1 Å². The van der Waals surface area contributed by atoms with Crippen LogP contribution in [0.5, 0.6) is 5.75 Å². The summed E-state index contributed by atoms with van der Waals surface area (Å²) in [4.78, 5) is 7.54. The molecule has 6 heteroatoms. The van der Waals surface area contributed by atoms with Crippen LogP contribution in [0.25, 0.3) is 11.0 Å². The Bertz CT molecular complexity index is 1020. The standard InChI is InChI=1S/C21H17FN4O/c22-17-9-5-16(6-10-17)14-27-18-11-7-15(8-12-18)13-23-26-21-24-19-3-1-2-4-20(19)25-21/h1-13H,14H2,(H2,24,25,26)/b23-13-. The number of ether oxygens (including phenoxy) is 1. The molecule has 2 N–H and O–H groups in total. The molecule has 0 fully saturated rings. The van der Waals surface area contributed by atoms with Gasteiger partial charge in [0.1, 0.15) is 18.2 Å². The van der Waals surface area contributed by atoms with Crippen LogP contribution in [-0.2, 0) is 6.61 Å². The number of nitrogens with zero attached hydrogens (tertiary/aromatic N) is 2. The number of H-pyrrole nitrogens is 1. The Morgan fingerprint density at radius 1 is 1.00 bits per heavy atom. The second-order valence-corrected chi connectivity index (χ2v) is 5.96. The van der Waals surface area contributed by atoms with Crippen LogP contribution in [0.2, 0.25) is 0 Å². The number of aromatic amines is 1. The van der Waals surface area contributed by atoms with Gasteiger partial charge in [-0.05, 0) is 59.7 Å². The Kier molecular flexibility index (Phi) is 4.78. The van der Waals surface area contributed by atoms with Gasteiger partial charge in [-0.2, -0.15) is 5.10 Å². The maximum absolute atomic E-state index is 12.9. The number of rotatable bonds is 6. The zero-order valence-electron chi connectivity index (χ0n) is 14.4. The Labute approximate surface area is 155 Å². The first-order valence-corrected chi connectivity index (χ1v) is 8.47. The van der Waals surface area contributed by atoms with Crippen molar-refractivity contribution in [2.75, 3.05) is 5.43 Å². The van der Waals surface area contributed by atoms with Gasteiger partial charge in [0.25, 0.3) is 0 Å². The molecule has 134 valence electrons. The molecule has 0 unspecified atom stereocenters. The molecular formula is C21H17FN4O. The summed E-state index contributed by atoms with van der Waals surface area (Å²) < 4.78 is 18.6. The average molecular weight is 360 g/mol. The van der Waals surface area contributed by atoms with E-state index in [1.54, 1.807) is 18.3 Å². The van der Waals surface area contributed by atoms with Gasteiger partial charge in [0, 0.05) is 0 Å². The predicted octanol–water partition coefficient (Wildman–Crippen LogP) is 4.73. The molecule has 0 aliphatic carbocycles. The molecule has 4 rings (SSSR count). The molecule has 3 aromatic carbocycles. The molecule has 0 radical (unpaired) electrons. The maximum Gasteiger partial charge on any atom is 0.222 e. The first kappa shape index (κ1) is 16.8. The number of benzene rings is 3. The maximum atomic E-state index is 12.9. The lowest BCUT2D eigenvalue weighted by Gasteiger charge is -2.06. The minimum Gasteiger partial charge on any atom is -0.489 e. The van der Waals surface area contributed by atoms with E-state index in [0.29, 0.717) is 12.6 Å². The van der Waals surface area contributed by atoms with E-state index in [2.05, 4.69) is 20.5 Å². The molecule has 0 saturated carbocycles. The monoisotopic (exact) mass is 360 g/mol. The van der Waals surface area contributed by atoms with Crippen LogP contribution in [0, 0.1) is 5.82 Å². The molecule has 0 amide bonds. The number of hydrogen-bond donors (Lipinski definition) is 2. The third-order valence-electron chi connectivity index (χ3n) is 3.97. The largest absolute Gasteiger partial charge is 0.489 e. The third kappa shape index (κ3) is 4.30. The van der Waals surface area contributed by atoms with E-state index >= 15 is 0 Å². The molecule has 0 aliphatic rings. The second-order valence-electron chi connectivity index (χ2n) is 5.96. The summed E-state index contributed by atoms with van der Waals surface area (Å²) in [7, 11) is 0. The fourth-order valence-electron chi connectivity index (χ4n) is 2.57. The van der Waals surface area contributed by atoms with Gasteiger partial charge in [0.2, 0.25) is 5.95 Å². The summed E-state index contributed by atoms with van der Waals surface area (Å²) in [5.41, 5.74) is 6.57. The number of nitrogens with one attached hydrogen (secondary N) is 2. The molecule has 1 aromatic heterocycles. The smallest absolute Gasteiger partial charge is 0.222 e. The van der Waals surface area contributed by atoms with Gasteiger partial charge in [-0.15, -0.1) is 0 Å². The van der Waals surface area contributed by atoms with Crippen molar-refractivity contribution in [3.63, 3.8) is 0 Å². The Morgan fingerprint density at radius 2 is 1.78 bits per heavy atom. The second kappa shape index (κ2) is 7.70. The molecule has 0 bridgehead atoms. The summed E-state index contributed by atoms with van der Waals surface area (Å²) in [6.45, 7) is 0.390. The molecule has 0 aliphatic heterocycles. The van der Waals surface area contributed by atoms with Crippen LogP contribution >= 0.6 is 0 Å². The molecule has 1 heterocycles. The summed E-state index contributed by atoms with van der Waals surface area (Å²) >= 11 is 0. The fourth-order valence-corrected chi connectivity index (χ4v) is 2.57. The van der Waals surface area contributed by atoms with Gasteiger partial charge < -0.3 is 9.72 Å². The summed E-state index contributed by atoms with van der Waals surface area (Å²) in [6.07, 6.45) is 1.71. The third-order valence-corrected chi connectivity index (χ3v) is 3.97. The normalized spacial score (nSPS) is 11.1. The van der Waals surface area contributed by atoms with Crippen molar-refractivity contribution in [3.8, 4) is 5.75 Å². The van der Waals surface area contributed by atoms with E-state index in [0.717, 1.165) is 27.9 Å². The number of imidazole rings is 1. The van der Waals surface area contributed by atoms with Gasteiger partial charge in [-0.3, -0.25) is 0 Å². The highest BCUT2D eigenvalue weighted by Gasteiger charge is 2.00. The van der Waals surface area contributed by atoms with Crippen molar-refractivity contribution in [1.29, 1.82) is 0 Å². The average Bonchev–Trinajstić information content (AvgIpc) is 3.11. The minimum atomic E-state index is -0.251. The van der Waals surface area contributed by atoms with Crippen LogP contribution in [0.1, 0.15) is 11.1 Å². The number of para-hydroxylation sites is 2. The van der Waals surface area contributed by atoms with Crippen molar-refractivity contribution >= 4 is 23.2 Å². The predicted molar refractivity (Wildman–Crippen MR) is 104 cm³/mol. The Hall–Kier alpha value is -3.67. The zero-order valence-corrected chi connectivity index (χ0v) is 14.4. The molecule has 0 atom stereocenters. The van der Waals surface area contributed by atoms with Crippen LogP contribution < -0.4 is 10.2 Å². The lowest BCUT2D eigenvalue weighted by molar-refractivity contribution is 0.306. The molecular weight excluding hydrogens is 343 g/mol. The van der Waals surface area contributed by atoms with Gasteiger partial charge in [0.05, 0.1) is 17.2 Å². The van der Waals surface area contributed by atoms with E-state index in [4.69, 9.17) is 4.74 Å². The summed E-state index contributed by atoms with van der Waals surface area (Å²) in [5, 5.41) is 4.19. The van der Waals surface area contributed by atoms with Crippen molar-refractivity contribution in [2.45, 2.75) is 6.61 Å². The Balaban J connectivity index is 1.33. The van der Waals surface area contributed by atoms with Gasteiger partial charge >= 0.3 is 0 Å². The summed E-state index contributed by atoms with van der Waals surface area (Å²) in [6, 6.07) is 21.6. The van der Waals surface area contributed by atoms with Crippen LogP contribution in [0.4, 0.5) is 10.3 Å². The quantitative estimate of drug-likeness (QED) is 0.386. The van der Waals surface area contributed by atoms with E-state index in [9.17, 15) is 4.39 Å². The highest BCUT2D eigenvalue weighted by molar-refractivity contribution is 5.81. The summed E-state index contributed by atoms with van der Waals surface area (Å²) in [5.74, 6) is 1.08. The van der Waals surface area contributed by atoms with E-state index in [1.807, 2.05) is 48.5 Å². The van der Waals surface area contributed by atoms with Crippen molar-refractivity contribution in [3.05, 3.63) is 89.7 Å². The number of hydrogen-bond acceptors (Lipinski definition) is 4. The van der Waals surface area contributed by atoms with E-state index in [-0.39, 0.29) is 5.82 Å². The number of halogens is 1. The molecule has 27 heavy (non-hydrogen) atoms. The lowest BCUT2D eigenvalue weighted by Crippen LogP contribution is -1.96. The van der Waals surface area contributed by atoms with Crippen LogP contribution in [0.15, 0.2) is 77.9 Å². The lowest BCUT2D eigenvalue weighted by atomic mass is 10.2. The number of aromatic nitrogens is 2. The van der Waals surface area contributed by atoms with Gasteiger partial charge in [0.15, 0.2) is 0 Å². The first-order chi connectivity index (χ1) is 13.3. The highest BCUT2D eigenvalue weighted by Crippen LogP contribution is 2.15. The minimum absolute atomic E-state index is 0.251. The SMILES string of the molecule is Fc1ccc(COc2ccc(/C=N\Nc3nc4ccccc4[nH]3)cc2)cc1. The number of hydrazone groups is 1. The van der Waals surface area contributed by atoms with Crippen LogP contribution in [0.3, 0.4) is 0 Å². The van der Waals surface area contributed by atoms with Gasteiger partial charge in [-0.25, -0.2) is 14.8 Å². The highest BCUT2D eigenvalue weighted by atomic mass is 19.1. The fraction of sp³-hybridized carbons (Fsp3) is 0.0476. The Morgan fingerprint density at radius 3 is 2.56 bits per heavy atom. The van der Waals surface area contributed by atoms with E-state index < -0.39 is 0 Å². The van der Waals surface area contributed by atoms with Crippen molar-refractivity contribution in [1.82, 2.24) is 9.97 Å². The first-order valence-electron chi connectivity index (χ1n) is 8.47. The number of anilines is 1. The molecule has 4 aromatic rings. The van der Waals surface area contributed by atoms with Gasteiger partial charge in [-0.1, -0.05) is 24.3 Å². The van der Waals surface area contributed by atoms with Crippen molar-refractivity contribution < 1.29 is 9.13 Å². The number of fused-ring (bicyclic) bond motifs is 1. The van der Waals surface area contributed by atoms with Crippen molar-refractivity contribution in [2.24, 2.45) is 5.10 Å². The zero-order chi connectivity index (χ0) is 18.5.